The third-order valence-electron chi connectivity index (χ3n) is 6.10. The number of urea groups is 1. The summed E-state index contributed by atoms with van der Waals surface area (Å²) in [5.74, 6) is -2.21. The molecule has 0 bridgehead atoms. The molecule has 11 nitrogen and oxygen atoms in total. The van der Waals surface area contributed by atoms with Crippen molar-refractivity contribution in [3.63, 3.8) is 0 Å². The first-order valence-electron chi connectivity index (χ1n) is 11.3. The number of hydrogen-bond acceptors (Lipinski definition) is 7. The highest BCUT2D eigenvalue weighted by molar-refractivity contribution is 5.78. The SMILES string of the molecule is CCn1ncn(-c2nc(N3CCN(C(=O)N4N=CC[C@H]4c4cc(F)cc(F)c4)CC3)ncc2F)c1=O. The van der Waals surface area contributed by atoms with Crippen molar-refractivity contribution in [2.24, 2.45) is 5.10 Å². The van der Waals surface area contributed by atoms with E-state index < -0.39 is 35.2 Å². The first-order valence-corrected chi connectivity index (χ1v) is 11.3. The second-order valence-electron chi connectivity index (χ2n) is 8.29. The lowest BCUT2D eigenvalue weighted by Crippen LogP contribution is -2.52. The van der Waals surface area contributed by atoms with Gasteiger partial charge in [0.05, 0.1) is 12.2 Å². The molecule has 1 aromatic carbocycles. The van der Waals surface area contributed by atoms with Crippen LogP contribution in [0.15, 0.2) is 40.6 Å². The van der Waals surface area contributed by atoms with Crippen LogP contribution in [0.2, 0.25) is 0 Å². The maximum Gasteiger partial charge on any atom is 0.351 e. The van der Waals surface area contributed by atoms with Crippen molar-refractivity contribution in [2.45, 2.75) is 25.9 Å². The Kier molecular flexibility index (Phi) is 6.16. The summed E-state index contributed by atoms with van der Waals surface area (Å²) in [5.41, 5.74) is -0.193. The Morgan fingerprint density at radius 3 is 2.47 bits per heavy atom. The number of hydrogen-bond donors (Lipinski definition) is 0. The van der Waals surface area contributed by atoms with Crippen molar-refractivity contribution in [1.82, 2.24) is 34.2 Å². The summed E-state index contributed by atoms with van der Waals surface area (Å²) in [6.45, 7) is 3.34. The summed E-state index contributed by atoms with van der Waals surface area (Å²) in [4.78, 5) is 37.1. The maximum absolute atomic E-state index is 14.4. The average Bonchev–Trinajstić information content (AvgIpc) is 3.50. The van der Waals surface area contributed by atoms with E-state index in [9.17, 15) is 22.8 Å². The van der Waals surface area contributed by atoms with Crippen molar-refractivity contribution < 1.29 is 18.0 Å². The highest BCUT2D eigenvalue weighted by Crippen LogP contribution is 2.30. The van der Waals surface area contributed by atoms with Gasteiger partial charge in [-0.3, -0.25) is 0 Å². The van der Waals surface area contributed by atoms with Crippen LogP contribution in [0, 0.1) is 17.5 Å². The van der Waals surface area contributed by atoms with Gasteiger partial charge in [0, 0.05) is 51.4 Å². The first kappa shape index (κ1) is 23.5. The molecule has 3 aromatic rings. The summed E-state index contributed by atoms with van der Waals surface area (Å²) < 4.78 is 44.0. The van der Waals surface area contributed by atoms with E-state index in [2.05, 4.69) is 20.2 Å². The molecule has 5 rings (SSSR count). The van der Waals surface area contributed by atoms with Gasteiger partial charge in [0.15, 0.2) is 11.6 Å². The fraction of sp³-hybridized carbons (Fsp3) is 0.364. The minimum Gasteiger partial charge on any atom is -0.337 e. The Labute approximate surface area is 203 Å². The molecule has 2 aliphatic rings. The largest absolute Gasteiger partial charge is 0.351 e. The molecule has 0 unspecified atom stereocenters. The van der Waals surface area contributed by atoms with E-state index in [0.29, 0.717) is 44.7 Å². The molecule has 2 amide bonds. The van der Waals surface area contributed by atoms with E-state index >= 15 is 0 Å². The van der Waals surface area contributed by atoms with Crippen molar-refractivity contribution in [3.8, 4) is 5.82 Å². The molecule has 2 aliphatic heterocycles. The van der Waals surface area contributed by atoms with E-state index in [1.54, 1.807) is 16.7 Å². The highest BCUT2D eigenvalue weighted by atomic mass is 19.1. The Morgan fingerprint density at radius 2 is 1.81 bits per heavy atom. The molecule has 0 radical (unpaired) electrons. The van der Waals surface area contributed by atoms with Crippen molar-refractivity contribution in [2.75, 3.05) is 31.1 Å². The molecular formula is C22H22F3N9O2. The van der Waals surface area contributed by atoms with Crippen LogP contribution >= 0.6 is 0 Å². The molecule has 4 heterocycles. The number of anilines is 1. The van der Waals surface area contributed by atoms with Gasteiger partial charge >= 0.3 is 11.7 Å². The number of halogens is 3. The van der Waals surface area contributed by atoms with Crippen molar-refractivity contribution in [1.29, 1.82) is 0 Å². The Balaban J connectivity index is 1.29. The molecule has 0 spiro atoms. The third-order valence-corrected chi connectivity index (χ3v) is 6.10. The van der Waals surface area contributed by atoms with Crippen molar-refractivity contribution >= 4 is 18.2 Å². The fourth-order valence-corrected chi connectivity index (χ4v) is 4.26. The van der Waals surface area contributed by atoms with Crippen LogP contribution < -0.4 is 10.6 Å². The number of carbonyl (C=O) groups excluding carboxylic acids is 1. The number of amides is 2. The predicted octanol–water partition coefficient (Wildman–Crippen LogP) is 1.94. The quantitative estimate of drug-likeness (QED) is 0.541. The number of aryl methyl sites for hydroxylation is 1. The van der Waals surface area contributed by atoms with Crippen LogP contribution in [-0.2, 0) is 6.54 Å². The number of rotatable bonds is 4. The van der Waals surface area contributed by atoms with Gasteiger partial charge in [0.1, 0.15) is 18.0 Å². The average molecular weight is 501 g/mol. The molecule has 0 N–H and O–H groups in total. The molecule has 2 aromatic heterocycles. The standard InChI is InChI=1S/C22H22F3N9O2/c1-2-33-22(36)32(13-28-33)19-17(25)12-26-20(29-19)30-5-7-31(8-6-30)21(35)34-18(3-4-27-34)14-9-15(23)11-16(24)10-14/h4,9-13,18H,2-3,5-8H2,1H3/t18-/m0/s1. The highest BCUT2D eigenvalue weighted by Gasteiger charge is 2.34. The van der Waals surface area contributed by atoms with Crippen LogP contribution in [0.25, 0.3) is 5.82 Å². The van der Waals surface area contributed by atoms with Gasteiger partial charge < -0.3 is 9.80 Å². The lowest BCUT2D eigenvalue weighted by atomic mass is 10.0. The van der Waals surface area contributed by atoms with Gasteiger partial charge in [-0.05, 0) is 24.6 Å². The van der Waals surface area contributed by atoms with Crippen molar-refractivity contribution in [3.05, 3.63) is 64.2 Å². The summed E-state index contributed by atoms with van der Waals surface area (Å²) in [7, 11) is 0. The lowest BCUT2D eigenvalue weighted by molar-refractivity contribution is 0.139. The molecule has 188 valence electrons. The van der Waals surface area contributed by atoms with Gasteiger partial charge in [-0.15, -0.1) is 0 Å². The third kappa shape index (κ3) is 4.29. The summed E-state index contributed by atoms with van der Waals surface area (Å²) in [6, 6.07) is 2.17. The zero-order chi connectivity index (χ0) is 25.4. The number of carbonyl (C=O) groups is 1. The predicted molar refractivity (Wildman–Crippen MR) is 122 cm³/mol. The van der Waals surface area contributed by atoms with Crippen LogP contribution in [0.5, 0.6) is 0 Å². The van der Waals surface area contributed by atoms with Gasteiger partial charge in [0.2, 0.25) is 5.95 Å². The van der Waals surface area contributed by atoms with E-state index in [1.807, 2.05) is 0 Å². The molecule has 14 heteroatoms. The van der Waals surface area contributed by atoms with Crippen LogP contribution in [0.3, 0.4) is 0 Å². The number of hydrazone groups is 1. The van der Waals surface area contributed by atoms with E-state index in [-0.39, 0.29) is 11.8 Å². The maximum atomic E-state index is 14.4. The second kappa shape index (κ2) is 9.43. The zero-order valence-corrected chi connectivity index (χ0v) is 19.3. The Bertz CT molecular complexity index is 1360. The van der Waals surface area contributed by atoms with E-state index in [1.165, 1.54) is 34.4 Å². The van der Waals surface area contributed by atoms with E-state index in [0.717, 1.165) is 16.8 Å². The Hall–Kier alpha value is -4.23. The van der Waals surface area contributed by atoms with Gasteiger partial charge in [-0.1, -0.05) is 0 Å². The summed E-state index contributed by atoms with van der Waals surface area (Å²) >= 11 is 0. The molecule has 1 fully saturated rings. The summed E-state index contributed by atoms with van der Waals surface area (Å²) in [6.07, 6.45) is 4.08. The Morgan fingerprint density at radius 1 is 1.08 bits per heavy atom. The molecule has 0 aliphatic carbocycles. The normalized spacial score (nSPS) is 17.8. The minimum absolute atomic E-state index is 0.209. The van der Waals surface area contributed by atoms with E-state index in [4.69, 9.17) is 0 Å². The molecule has 0 saturated carbocycles. The van der Waals surface area contributed by atoms with Gasteiger partial charge in [-0.2, -0.15) is 15.2 Å². The minimum atomic E-state index is -0.767. The molecule has 1 saturated heterocycles. The van der Waals surface area contributed by atoms with Gasteiger partial charge in [-0.25, -0.2) is 42.0 Å². The summed E-state index contributed by atoms with van der Waals surface area (Å²) in [5, 5.41) is 9.28. The first-order chi connectivity index (χ1) is 17.4. The number of piperazine rings is 1. The molecule has 1 atom stereocenters. The second-order valence-corrected chi connectivity index (χ2v) is 8.29. The topological polar surface area (TPSA) is 105 Å². The number of benzene rings is 1. The monoisotopic (exact) mass is 501 g/mol. The smallest absolute Gasteiger partial charge is 0.337 e. The van der Waals surface area contributed by atoms with Crippen LogP contribution in [-0.4, -0.2) is 72.6 Å². The fourth-order valence-electron chi connectivity index (χ4n) is 4.26. The molecular weight excluding hydrogens is 479 g/mol. The van der Waals surface area contributed by atoms with Crippen LogP contribution in [0.1, 0.15) is 24.9 Å². The van der Waals surface area contributed by atoms with Gasteiger partial charge in [0.25, 0.3) is 0 Å². The molecule has 36 heavy (non-hydrogen) atoms. The number of aromatic nitrogens is 5. The van der Waals surface area contributed by atoms with Crippen LogP contribution in [0.4, 0.5) is 23.9 Å². The zero-order valence-electron chi connectivity index (χ0n) is 19.3. The lowest BCUT2D eigenvalue weighted by Gasteiger charge is -2.37. The number of nitrogens with zero attached hydrogens (tertiary/aromatic N) is 9.